The number of likely N-dealkylation sites (tertiary alicyclic amines) is 2. The van der Waals surface area contributed by atoms with E-state index in [1.807, 2.05) is 0 Å². The van der Waals surface area contributed by atoms with Gasteiger partial charge >= 0.3 is 0 Å². The van der Waals surface area contributed by atoms with Crippen LogP contribution in [0.15, 0.2) is 0 Å². The lowest BCUT2D eigenvalue weighted by Crippen LogP contribution is -2.50. The number of carbonyl (C=O) groups is 2. The van der Waals surface area contributed by atoms with Gasteiger partial charge in [-0.3, -0.25) is 19.4 Å². The third-order valence-electron chi connectivity index (χ3n) is 4.40. The number of rotatable bonds is 5. The van der Waals surface area contributed by atoms with Crippen LogP contribution in [0.1, 0.15) is 32.6 Å². The third-order valence-corrected chi connectivity index (χ3v) is 4.40. The molecule has 19 heavy (non-hydrogen) atoms. The van der Waals surface area contributed by atoms with E-state index in [9.17, 15) is 9.59 Å². The second-order valence-electron chi connectivity index (χ2n) is 5.62. The quantitative estimate of drug-likeness (QED) is 0.686. The molecule has 108 valence electrons. The van der Waals surface area contributed by atoms with Gasteiger partial charge in [0.1, 0.15) is 12.4 Å². The summed E-state index contributed by atoms with van der Waals surface area (Å²) in [6, 6.07) is 0.928. The summed E-state index contributed by atoms with van der Waals surface area (Å²) in [6.07, 6.45) is 3.76. The van der Waals surface area contributed by atoms with Gasteiger partial charge in [0, 0.05) is 51.1 Å². The van der Waals surface area contributed by atoms with Gasteiger partial charge in [0.15, 0.2) is 0 Å². The molecule has 2 fully saturated rings. The predicted octanol–water partition coefficient (Wildman–Crippen LogP) is 0.677. The van der Waals surface area contributed by atoms with Gasteiger partial charge in [0.25, 0.3) is 6.47 Å². The van der Waals surface area contributed by atoms with Crippen molar-refractivity contribution in [2.75, 3.05) is 32.8 Å². The molecule has 0 amide bonds. The lowest BCUT2D eigenvalue weighted by atomic mass is 9.98. The van der Waals surface area contributed by atoms with Crippen molar-refractivity contribution in [3.05, 3.63) is 0 Å². The molecule has 0 aliphatic carbocycles. The van der Waals surface area contributed by atoms with Crippen molar-refractivity contribution in [3.8, 4) is 0 Å². The Morgan fingerprint density at radius 1 is 1.26 bits per heavy atom. The minimum absolute atomic E-state index is 0.300. The number of ether oxygens (including phenoxy) is 1. The highest BCUT2D eigenvalue weighted by Crippen LogP contribution is 2.21. The molecule has 5 nitrogen and oxygen atoms in total. The topological polar surface area (TPSA) is 49.9 Å². The molecule has 0 aromatic heterocycles. The number of ketones is 1. The van der Waals surface area contributed by atoms with Crippen LogP contribution in [0.25, 0.3) is 0 Å². The van der Waals surface area contributed by atoms with Crippen molar-refractivity contribution in [2.45, 2.75) is 44.7 Å². The fourth-order valence-electron chi connectivity index (χ4n) is 3.11. The SMILES string of the molecule is CC(COC=O)N1CCC(N2CCC(=O)CC2)CC1. The third kappa shape index (κ3) is 4.01. The first-order valence-corrected chi connectivity index (χ1v) is 7.25. The Bertz CT molecular complexity index is 304. The Balaban J connectivity index is 1.72. The highest BCUT2D eigenvalue weighted by molar-refractivity contribution is 5.79. The summed E-state index contributed by atoms with van der Waals surface area (Å²) in [4.78, 5) is 26.3. The average Bonchev–Trinajstić information content (AvgIpc) is 2.46. The van der Waals surface area contributed by atoms with E-state index < -0.39 is 0 Å². The maximum Gasteiger partial charge on any atom is 0.293 e. The van der Waals surface area contributed by atoms with Crippen LogP contribution in [-0.2, 0) is 14.3 Å². The summed E-state index contributed by atoms with van der Waals surface area (Å²) < 4.78 is 4.83. The van der Waals surface area contributed by atoms with Crippen molar-refractivity contribution < 1.29 is 14.3 Å². The van der Waals surface area contributed by atoms with Crippen molar-refractivity contribution >= 4 is 12.3 Å². The van der Waals surface area contributed by atoms with E-state index >= 15 is 0 Å². The van der Waals surface area contributed by atoms with E-state index in [0.717, 1.165) is 51.9 Å². The van der Waals surface area contributed by atoms with Gasteiger partial charge in [0.05, 0.1) is 0 Å². The smallest absolute Gasteiger partial charge is 0.293 e. The van der Waals surface area contributed by atoms with Crippen LogP contribution in [0.3, 0.4) is 0 Å². The highest BCUT2D eigenvalue weighted by atomic mass is 16.5. The van der Waals surface area contributed by atoms with Gasteiger partial charge in [-0.25, -0.2) is 0 Å². The normalized spacial score (nSPS) is 25.2. The molecule has 1 unspecified atom stereocenters. The lowest BCUT2D eigenvalue weighted by molar-refractivity contribution is -0.130. The van der Waals surface area contributed by atoms with E-state index in [-0.39, 0.29) is 0 Å². The number of carbonyl (C=O) groups excluding carboxylic acids is 2. The monoisotopic (exact) mass is 268 g/mol. The zero-order valence-electron chi connectivity index (χ0n) is 11.7. The van der Waals surface area contributed by atoms with Crippen LogP contribution in [0.5, 0.6) is 0 Å². The van der Waals surface area contributed by atoms with E-state index in [4.69, 9.17) is 4.74 Å². The standard InChI is InChI=1S/C14H24N2O3/c1-12(10-19-11-17)15-6-2-13(3-7-15)16-8-4-14(18)5-9-16/h11-13H,2-10H2,1H3. The molecule has 2 saturated heterocycles. The zero-order chi connectivity index (χ0) is 13.7. The summed E-state index contributed by atoms with van der Waals surface area (Å²) in [5, 5.41) is 0. The summed E-state index contributed by atoms with van der Waals surface area (Å²) in [5.74, 6) is 0.410. The molecule has 0 radical (unpaired) electrons. The molecule has 0 spiro atoms. The molecular weight excluding hydrogens is 244 g/mol. The Labute approximate surface area is 114 Å². The van der Waals surface area contributed by atoms with Crippen LogP contribution in [-0.4, -0.2) is 66.9 Å². The zero-order valence-corrected chi connectivity index (χ0v) is 11.7. The molecule has 0 aromatic carbocycles. The van der Waals surface area contributed by atoms with E-state index in [2.05, 4.69) is 16.7 Å². The minimum atomic E-state index is 0.300. The van der Waals surface area contributed by atoms with E-state index in [0.29, 0.717) is 30.9 Å². The Hall–Kier alpha value is -0.940. The van der Waals surface area contributed by atoms with E-state index in [1.165, 1.54) is 0 Å². The summed E-state index contributed by atoms with van der Waals surface area (Å²) in [7, 11) is 0. The summed E-state index contributed by atoms with van der Waals surface area (Å²) >= 11 is 0. The molecule has 1 atom stereocenters. The molecule has 5 heteroatoms. The van der Waals surface area contributed by atoms with Gasteiger partial charge in [-0.05, 0) is 19.8 Å². The number of hydrogen-bond acceptors (Lipinski definition) is 5. The molecule has 2 rings (SSSR count). The highest BCUT2D eigenvalue weighted by Gasteiger charge is 2.28. The Morgan fingerprint density at radius 2 is 1.89 bits per heavy atom. The van der Waals surface area contributed by atoms with Gasteiger partial charge in [-0.15, -0.1) is 0 Å². The summed E-state index contributed by atoms with van der Waals surface area (Å²) in [5.41, 5.74) is 0. The van der Waals surface area contributed by atoms with Crippen molar-refractivity contribution in [3.63, 3.8) is 0 Å². The molecule has 2 aliphatic heterocycles. The van der Waals surface area contributed by atoms with Crippen molar-refractivity contribution in [1.29, 1.82) is 0 Å². The molecule has 0 N–H and O–H groups in total. The Kier molecular flexibility index (Phi) is 5.34. The van der Waals surface area contributed by atoms with Gasteiger partial charge in [0.2, 0.25) is 0 Å². The van der Waals surface area contributed by atoms with Gasteiger partial charge in [-0.1, -0.05) is 0 Å². The van der Waals surface area contributed by atoms with Crippen molar-refractivity contribution in [2.24, 2.45) is 0 Å². The predicted molar refractivity (Wildman–Crippen MR) is 71.9 cm³/mol. The van der Waals surface area contributed by atoms with Crippen molar-refractivity contribution in [1.82, 2.24) is 9.80 Å². The molecular formula is C14H24N2O3. The molecule has 0 saturated carbocycles. The maximum atomic E-state index is 11.3. The number of nitrogens with zero attached hydrogens (tertiary/aromatic N) is 2. The largest absolute Gasteiger partial charge is 0.466 e. The minimum Gasteiger partial charge on any atom is -0.466 e. The van der Waals surface area contributed by atoms with Crippen LogP contribution in [0.2, 0.25) is 0 Å². The molecule has 0 bridgehead atoms. The van der Waals surface area contributed by atoms with E-state index in [1.54, 1.807) is 0 Å². The fraction of sp³-hybridized carbons (Fsp3) is 0.857. The summed E-state index contributed by atoms with van der Waals surface area (Å²) in [6.45, 7) is 7.08. The maximum absolute atomic E-state index is 11.3. The average molecular weight is 268 g/mol. The fourth-order valence-corrected chi connectivity index (χ4v) is 3.11. The van der Waals surface area contributed by atoms with Gasteiger partial charge < -0.3 is 4.74 Å². The number of piperidine rings is 2. The van der Waals surface area contributed by atoms with Crippen LogP contribution < -0.4 is 0 Å². The van der Waals surface area contributed by atoms with Crippen LogP contribution in [0, 0.1) is 0 Å². The number of hydrogen-bond donors (Lipinski definition) is 0. The first-order valence-electron chi connectivity index (χ1n) is 7.25. The van der Waals surface area contributed by atoms with Crippen LogP contribution >= 0.6 is 0 Å². The van der Waals surface area contributed by atoms with Gasteiger partial charge in [-0.2, -0.15) is 0 Å². The Morgan fingerprint density at radius 3 is 2.47 bits per heavy atom. The number of Topliss-reactive ketones (excluding diaryl/α,β-unsaturated/α-hetero) is 1. The lowest BCUT2D eigenvalue weighted by Gasteiger charge is -2.41. The second-order valence-corrected chi connectivity index (χ2v) is 5.62. The first kappa shape index (κ1) is 14.5. The molecule has 2 heterocycles. The first-order chi connectivity index (χ1) is 9.20. The second kappa shape index (κ2) is 7.01. The molecule has 0 aromatic rings. The molecule has 2 aliphatic rings. The van der Waals surface area contributed by atoms with Crippen LogP contribution in [0.4, 0.5) is 0 Å².